The Hall–Kier alpha value is -2.41. The number of rotatable bonds is 2. The first kappa shape index (κ1) is 17.0. The molecule has 3 heterocycles. The number of hydrogen-bond donors (Lipinski definition) is 2. The Morgan fingerprint density at radius 3 is 2.50 bits per heavy atom. The number of carbonyl (C=O) groups is 3. The van der Waals surface area contributed by atoms with Crippen molar-refractivity contribution in [3.63, 3.8) is 0 Å². The number of piperidine rings is 1. The summed E-state index contributed by atoms with van der Waals surface area (Å²) in [5.41, 5.74) is 2.73. The van der Waals surface area contributed by atoms with Gasteiger partial charge in [0, 0.05) is 49.4 Å². The summed E-state index contributed by atoms with van der Waals surface area (Å²) in [6.07, 6.45) is 0.669. The Balaban J connectivity index is 1.55. The van der Waals surface area contributed by atoms with E-state index in [1.807, 2.05) is 12.1 Å². The van der Waals surface area contributed by atoms with Gasteiger partial charge in [-0.2, -0.15) is 0 Å². The van der Waals surface area contributed by atoms with E-state index in [1.165, 1.54) is 0 Å². The lowest BCUT2D eigenvalue weighted by Crippen LogP contribution is -2.54. The molecule has 3 atom stereocenters. The smallest absolute Gasteiger partial charge is 0.255 e. The van der Waals surface area contributed by atoms with Gasteiger partial charge in [-0.25, -0.2) is 0 Å². The molecule has 3 aliphatic heterocycles. The third-order valence-corrected chi connectivity index (χ3v) is 5.43. The maximum absolute atomic E-state index is 12.8. The first-order valence-corrected chi connectivity index (χ1v) is 9.21. The van der Waals surface area contributed by atoms with E-state index >= 15 is 0 Å². The molecule has 3 aliphatic rings. The fourth-order valence-electron chi connectivity index (χ4n) is 4.30. The number of piperazine rings is 1. The average molecular weight is 356 g/mol. The summed E-state index contributed by atoms with van der Waals surface area (Å²) in [4.78, 5) is 40.2. The van der Waals surface area contributed by atoms with E-state index in [-0.39, 0.29) is 24.1 Å². The van der Waals surface area contributed by atoms with Crippen LogP contribution < -0.4 is 15.5 Å². The molecule has 26 heavy (non-hydrogen) atoms. The van der Waals surface area contributed by atoms with Crippen LogP contribution in [-0.4, -0.2) is 53.8 Å². The summed E-state index contributed by atoms with van der Waals surface area (Å²) in [5, 5.41) is 5.86. The molecular weight excluding hydrogens is 332 g/mol. The van der Waals surface area contributed by atoms with Crippen molar-refractivity contribution >= 4 is 23.4 Å². The van der Waals surface area contributed by atoms with E-state index < -0.39 is 6.04 Å². The van der Waals surface area contributed by atoms with E-state index in [2.05, 4.69) is 35.4 Å². The molecule has 2 fully saturated rings. The van der Waals surface area contributed by atoms with Crippen molar-refractivity contribution in [2.24, 2.45) is 0 Å². The van der Waals surface area contributed by atoms with Crippen molar-refractivity contribution in [3.05, 3.63) is 29.3 Å². The van der Waals surface area contributed by atoms with Crippen LogP contribution in [0.2, 0.25) is 0 Å². The predicted molar refractivity (Wildman–Crippen MR) is 96.8 cm³/mol. The van der Waals surface area contributed by atoms with E-state index in [4.69, 9.17) is 0 Å². The van der Waals surface area contributed by atoms with Gasteiger partial charge in [-0.15, -0.1) is 0 Å². The molecule has 1 aromatic rings. The number of imide groups is 1. The molecule has 0 radical (unpaired) electrons. The van der Waals surface area contributed by atoms with Gasteiger partial charge in [0.05, 0.1) is 0 Å². The van der Waals surface area contributed by atoms with Crippen LogP contribution >= 0.6 is 0 Å². The summed E-state index contributed by atoms with van der Waals surface area (Å²) >= 11 is 0. The van der Waals surface area contributed by atoms with Crippen LogP contribution in [-0.2, 0) is 16.1 Å². The quantitative estimate of drug-likeness (QED) is 0.760. The van der Waals surface area contributed by atoms with Crippen molar-refractivity contribution in [1.29, 1.82) is 0 Å². The molecule has 7 nitrogen and oxygen atoms in total. The summed E-state index contributed by atoms with van der Waals surface area (Å²) < 4.78 is 0. The van der Waals surface area contributed by atoms with Crippen LogP contribution in [0, 0.1) is 0 Å². The monoisotopic (exact) mass is 356 g/mol. The molecule has 2 saturated heterocycles. The molecule has 3 amide bonds. The van der Waals surface area contributed by atoms with Crippen molar-refractivity contribution in [2.45, 2.75) is 51.4 Å². The molecule has 2 N–H and O–H groups in total. The highest BCUT2D eigenvalue weighted by atomic mass is 16.2. The van der Waals surface area contributed by atoms with Crippen LogP contribution in [0.3, 0.4) is 0 Å². The molecule has 1 aromatic carbocycles. The molecule has 3 unspecified atom stereocenters. The van der Waals surface area contributed by atoms with Crippen molar-refractivity contribution < 1.29 is 14.4 Å². The fourth-order valence-corrected chi connectivity index (χ4v) is 4.30. The van der Waals surface area contributed by atoms with Crippen LogP contribution in [0.4, 0.5) is 5.69 Å². The van der Waals surface area contributed by atoms with E-state index in [0.29, 0.717) is 30.6 Å². The molecule has 0 spiro atoms. The zero-order valence-electron chi connectivity index (χ0n) is 15.1. The van der Waals surface area contributed by atoms with E-state index in [0.717, 1.165) is 24.3 Å². The first-order valence-electron chi connectivity index (χ1n) is 9.21. The lowest BCUT2D eigenvalue weighted by Gasteiger charge is -2.37. The third kappa shape index (κ3) is 2.96. The molecule has 7 heteroatoms. The minimum atomic E-state index is -0.560. The molecule has 4 rings (SSSR count). The Kier molecular flexibility index (Phi) is 4.19. The highest BCUT2D eigenvalue weighted by molar-refractivity contribution is 6.05. The van der Waals surface area contributed by atoms with Gasteiger partial charge in [0.15, 0.2) is 0 Å². The number of nitrogens with zero attached hydrogens (tertiary/aromatic N) is 2. The highest BCUT2D eigenvalue weighted by Gasteiger charge is 2.39. The Morgan fingerprint density at radius 2 is 1.81 bits per heavy atom. The summed E-state index contributed by atoms with van der Waals surface area (Å²) in [5.74, 6) is -0.755. The predicted octanol–water partition coefficient (Wildman–Crippen LogP) is 0.634. The summed E-state index contributed by atoms with van der Waals surface area (Å²) in [6, 6.07) is 6.20. The van der Waals surface area contributed by atoms with Gasteiger partial charge < -0.3 is 15.1 Å². The number of hydrogen-bond acceptors (Lipinski definition) is 5. The molecule has 138 valence electrons. The standard InChI is InChI=1S/C19H24N4O3/c1-11-8-22(9-12(2)20-11)14-3-4-15-13(7-14)10-23(19(15)26)16-5-6-17(24)21-18(16)25/h3-4,7,11-12,16,20H,5-6,8-10H2,1-2H3,(H,21,24,25). The van der Waals surface area contributed by atoms with Gasteiger partial charge in [-0.05, 0) is 44.0 Å². The number of carbonyl (C=O) groups excluding carboxylic acids is 3. The second kappa shape index (κ2) is 6.39. The minimum absolute atomic E-state index is 0.122. The highest BCUT2D eigenvalue weighted by Crippen LogP contribution is 2.31. The first-order chi connectivity index (χ1) is 12.4. The lowest BCUT2D eigenvalue weighted by atomic mass is 10.0. The van der Waals surface area contributed by atoms with Gasteiger partial charge in [-0.1, -0.05) is 0 Å². The second-order valence-corrected chi connectivity index (χ2v) is 7.62. The number of nitrogens with one attached hydrogen (secondary N) is 2. The molecule has 0 aromatic heterocycles. The molecular formula is C19H24N4O3. The lowest BCUT2D eigenvalue weighted by molar-refractivity contribution is -0.136. The topological polar surface area (TPSA) is 81.8 Å². The van der Waals surface area contributed by atoms with Gasteiger partial charge in [-0.3, -0.25) is 19.7 Å². The van der Waals surface area contributed by atoms with Crippen LogP contribution in [0.5, 0.6) is 0 Å². The second-order valence-electron chi connectivity index (χ2n) is 7.62. The maximum atomic E-state index is 12.8. The zero-order valence-corrected chi connectivity index (χ0v) is 15.1. The number of benzene rings is 1. The summed E-state index contributed by atoms with van der Waals surface area (Å²) in [6.45, 7) is 6.61. The SMILES string of the molecule is CC1CN(c2ccc3c(c2)CN(C2CCC(=O)NC2=O)C3=O)CC(C)N1. The molecule has 0 aliphatic carbocycles. The van der Waals surface area contributed by atoms with Crippen LogP contribution in [0.25, 0.3) is 0 Å². The molecule has 0 bridgehead atoms. The summed E-state index contributed by atoms with van der Waals surface area (Å²) in [7, 11) is 0. The largest absolute Gasteiger partial charge is 0.368 e. The number of fused-ring (bicyclic) bond motifs is 1. The van der Waals surface area contributed by atoms with E-state index in [1.54, 1.807) is 4.90 Å². The van der Waals surface area contributed by atoms with Crippen molar-refractivity contribution in [2.75, 3.05) is 18.0 Å². The molecule has 0 saturated carbocycles. The normalized spacial score (nSPS) is 29.0. The Morgan fingerprint density at radius 1 is 1.08 bits per heavy atom. The third-order valence-electron chi connectivity index (χ3n) is 5.43. The minimum Gasteiger partial charge on any atom is -0.368 e. The van der Waals surface area contributed by atoms with Gasteiger partial charge in [0.1, 0.15) is 6.04 Å². The Bertz CT molecular complexity index is 768. The van der Waals surface area contributed by atoms with Gasteiger partial charge in [0.25, 0.3) is 5.91 Å². The van der Waals surface area contributed by atoms with Gasteiger partial charge >= 0.3 is 0 Å². The van der Waals surface area contributed by atoms with Crippen molar-refractivity contribution in [1.82, 2.24) is 15.5 Å². The number of amides is 3. The average Bonchev–Trinajstić information content (AvgIpc) is 2.90. The fraction of sp³-hybridized carbons (Fsp3) is 0.526. The van der Waals surface area contributed by atoms with Gasteiger partial charge in [0.2, 0.25) is 11.8 Å². The zero-order chi connectivity index (χ0) is 18.4. The number of anilines is 1. The van der Waals surface area contributed by atoms with Crippen LogP contribution in [0.1, 0.15) is 42.6 Å². The van der Waals surface area contributed by atoms with Crippen LogP contribution in [0.15, 0.2) is 18.2 Å². The van der Waals surface area contributed by atoms with Crippen molar-refractivity contribution in [3.8, 4) is 0 Å². The maximum Gasteiger partial charge on any atom is 0.255 e. The van der Waals surface area contributed by atoms with E-state index in [9.17, 15) is 14.4 Å². The Labute approximate surface area is 152 Å².